The van der Waals surface area contributed by atoms with Crippen LogP contribution < -0.4 is 9.47 Å². The molecular weight excluding hydrogens is 248 g/mol. The van der Waals surface area contributed by atoms with Crippen LogP contribution in [0.1, 0.15) is 30.1 Å². The molecule has 0 aliphatic heterocycles. The maximum absolute atomic E-state index is 12.0. The molecule has 0 aliphatic carbocycles. The molecule has 0 fully saturated rings. The third kappa shape index (κ3) is 4.28. The molecule has 5 heteroatoms. The Morgan fingerprint density at radius 2 is 1.79 bits per heavy atom. The summed E-state index contributed by atoms with van der Waals surface area (Å²) >= 11 is 0. The highest BCUT2D eigenvalue weighted by Gasteiger charge is 2.16. The van der Waals surface area contributed by atoms with Gasteiger partial charge in [-0.3, -0.25) is 9.59 Å². The Labute approximate surface area is 112 Å². The normalized spacial score (nSPS) is 11.7. The summed E-state index contributed by atoms with van der Waals surface area (Å²) in [6.07, 6.45) is 0.181. The second-order valence-corrected chi connectivity index (χ2v) is 4.40. The summed E-state index contributed by atoms with van der Waals surface area (Å²) < 4.78 is 10.2. The van der Waals surface area contributed by atoms with Crippen LogP contribution in [-0.2, 0) is 4.79 Å². The van der Waals surface area contributed by atoms with E-state index in [1.807, 2.05) is 0 Å². The summed E-state index contributed by atoms with van der Waals surface area (Å²) in [5, 5.41) is 8.67. The molecule has 0 aromatic heterocycles. The smallest absolute Gasteiger partial charge is 0.303 e. The summed E-state index contributed by atoms with van der Waals surface area (Å²) in [5.41, 5.74) is 0.495. The van der Waals surface area contributed by atoms with Gasteiger partial charge in [0.05, 0.1) is 14.2 Å². The van der Waals surface area contributed by atoms with Crippen LogP contribution in [0.5, 0.6) is 11.5 Å². The molecule has 0 bridgehead atoms. The summed E-state index contributed by atoms with van der Waals surface area (Å²) in [7, 11) is 3.02. The fraction of sp³-hybridized carbons (Fsp3) is 0.429. The molecule has 104 valence electrons. The van der Waals surface area contributed by atoms with E-state index in [1.54, 1.807) is 25.1 Å². The highest BCUT2D eigenvalue weighted by Crippen LogP contribution is 2.28. The third-order valence-electron chi connectivity index (χ3n) is 2.76. The zero-order valence-electron chi connectivity index (χ0n) is 11.3. The number of carbonyl (C=O) groups is 2. The second kappa shape index (κ2) is 6.78. The first-order valence-electron chi connectivity index (χ1n) is 5.95. The van der Waals surface area contributed by atoms with E-state index >= 15 is 0 Å². The van der Waals surface area contributed by atoms with Crippen molar-refractivity contribution in [2.45, 2.75) is 19.8 Å². The lowest BCUT2D eigenvalue weighted by Crippen LogP contribution is -2.10. The van der Waals surface area contributed by atoms with Crippen LogP contribution in [-0.4, -0.2) is 31.1 Å². The second-order valence-electron chi connectivity index (χ2n) is 4.40. The Bertz CT molecular complexity index is 467. The van der Waals surface area contributed by atoms with E-state index in [1.165, 1.54) is 14.2 Å². The Balaban J connectivity index is 2.80. The molecule has 19 heavy (non-hydrogen) atoms. The van der Waals surface area contributed by atoms with Gasteiger partial charge in [-0.05, 0) is 24.1 Å². The summed E-state index contributed by atoms with van der Waals surface area (Å²) in [5.74, 6) is -0.155. The maximum Gasteiger partial charge on any atom is 0.303 e. The van der Waals surface area contributed by atoms with E-state index in [0.717, 1.165) is 0 Å². The van der Waals surface area contributed by atoms with E-state index in [-0.39, 0.29) is 24.5 Å². The number of Topliss-reactive ketones (excluding diaryl/α,β-unsaturated/α-hetero) is 1. The minimum absolute atomic E-state index is 0.0149. The molecule has 1 aromatic carbocycles. The Kier molecular flexibility index (Phi) is 5.36. The average Bonchev–Trinajstić information content (AvgIpc) is 2.36. The van der Waals surface area contributed by atoms with Crippen molar-refractivity contribution >= 4 is 11.8 Å². The van der Waals surface area contributed by atoms with E-state index < -0.39 is 5.97 Å². The van der Waals surface area contributed by atoms with Gasteiger partial charge in [-0.1, -0.05) is 6.92 Å². The predicted octanol–water partition coefficient (Wildman–Crippen LogP) is 2.39. The van der Waals surface area contributed by atoms with Crippen LogP contribution >= 0.6 is 0 Å². The number of aliphatic carboxylic acids is 1. The molecule has 0 aliphatic rings. The van der Waals surface area contributed by atoms with Gasteiger partial charge < -0.3 is 14.6 Å². The van der Waals surface area contributed by atoms with Gasteiger partial charge in [-0.15, -0.1) is 0 Å². The van der Waals surface area contributed by atoms with Gasteiger partial charge in [-0.2, -0.15) is 0 Å². The lowest BCUT2D eigenvalue weighted by Gasteiger charge is -2.11. The summed E-state index contributed by atoms with van der Waals surface area (Å²) in [6, 6.07) is 4.92. The van der Waals surface area contributed by atoms with Crippen LogP contribution in [0, 0.1) is 5.92 Å². The predicted molar refractivity (Wildman–Crippen MR) is 69.9 cm³/mol. The van der Waals surface area contributed by atoms with Crippen molar-refractivity contribution in [2.75, 3.05) is 14.2 Å². The average molecular weight is 266 g/mol. The molecule has 0 saturated heterocycles. The minimum Gasteiger partial charge on any atom is -0.493 e. The molecular formula is C14H18O5. The minimum atomic E-state index is -0.896. The Morgan fingerprint density at radius 3 is 2.32 bits per heavy atom. The zero-order valence-corrected chi connectivity index (χ0v) is 11.3. The molecule has 1 N–H and O–H groups in total. The molecule has 1 rings (SSSR count). The standard InChI is InChI=1S/C14H18O5/c1-9(7-14(16)17)6-11(15)10-4-5-12(18-2)13(8-10)19-3/h4-5,8-9H,6-7H2,1-3H3,(H,16,17). The topological polar surface area (TPSA) is 72.8 Å². The van der Waals surface area contributed by atoms with E-state index in [2.05, 4.69) is 0 Å². The van der Waals surface area contributed by atoms with Gasteiger partial charge in [0, 0.05) is 18.4 Å². The summed E-state index contributed by atoms with van der Waals surface area (Å²) in [4.78, 5) is 22.6. The number of hydrogen-bond donors (Lipinski definition) is 1. The Morgan fingerprint density at radius 1 is 1.16 bits per heavy atom. The number of methoxy groups -OCH3 is 2. The van der Waals surface area contributed by atoms with Crippen LogP contribution in [0.15, 0.2) is 18.2 Å². The molecule has 1 atom stereocenters. The third-order valence-corrected chi connectivity index (χ3v) is 2.76. The van der Waals surface area contributed by atoms with E-state index in [0.29, 0.717) is 17.1 Å². The molecule has 1 unspecified atom stereocenters. The number of carboxylic acids is 1. The van der Waals surface area contributed by atoms with Crippen molar-refractivity contribution in [2.24, 2.45) is 5.92 Å². The van der Waals surface area contributed by atoms with Crippen LogP contribution in [0.2, 0.25) is 0 Å². The summed E-state index contributed by atoms with van der Waals surface area (Å²) in [6.45, 7) is 1.74. The van der Waals surface area contributed by atoms with Crippen molar-refractivity contribution in [3.63, 3.8) is 0 Å². The van der Waals surface area contributed by atoms with Gasteiger partial charge in [0.1, 0.15) is 0 Å². The van der Waals surface area contributed by atoms with Gasteiger partial charge in [0.25, 0.3) is 0 Å². The lowest BCUT2D eigenvalue weighted by atomic mass is 9.97. The number of benzene rings is 1. The molecule has 0 amide bonds. The van der Waals surface area contributed by atoms with Gasteiger partial charge in [-0.25, -0.2) is 0 Å². The van der Waals surface area contributed by atoms with Crippen molar-refractivity contribution in [3.05, 3.63) is 23.8 Å². The highest BCUT2D eigenvalue weighted by molar-refractivity contribution is 5.97. The number of rotatable bonds is 7. The number of ketones is 1. The fourth-order valence-electron chi connectivity index (χ4n) is 1.81. The SMILES string of the molecule is COc1ccc(C(=O)CC(C)CC(=O)O)cc1OC. The largest absolute Gasteiger partial charge is 0.493 e. The molecule has 0 saturated carbocycles. The zero-order chi connectivity index (χ0) is 14.4. The molecule has 0 spiro atoms. The molecule has 1 aromatic rings. The maximum atomic E-state index is 12.0. The number of carbonyl (C=O) groups excluding carboxylic acids is 1. The number of hydrogen-bond acceptors (Lipinski definition) is 4. The Hall–Kier alpha value is -2.04. The molecule has 0 heterocycles. The first-order chi connectivity index (χ1) is 8.97. The van der Waals surface area contributed by atoms with Crippen molar-refractivity contribution in [1.82, 2.24) is 0 Å². The molecule has 0 radical (unpaired) electrons. The van der Waals surface area contributed by atoms with E-state index in [4.69, 9.17) is 14.6 Å². The highest BCUT2D eigenvalue weighted by atomic mass is 16.5. The van der Waals surface area contributed by atoms with Gasteiger partial charge in [0.15, 0.2) is 17.3 Å². The molecule has 5 nitrogen and oxygen atoms in total. The quantitative estimate of drug-likeness (QED) is 0.767. The van der Waals surface area contributed by atoms with Gasteiger partial charge in [0.2, 0.25) is 0 Å². The van der Waals surface area contributed by atoms with E-state index in [9.17, 15) is 9.59 Å². The monoisotopic (exact) mass is 266 g/mol. The first kappa shape index (κ1) is 15.0. The van der Waals surface area contributed by atoms with Crippen LogP contribution in [0.4, 0.5) is 0 Å². The number of carboxylic acid groups (broad SMARTS) is 1. The van der Waals surface area contributed by atoms with Crippen LogP contribution in [0.25, 0.3) is 0 Å². The number of ether oxygens (including phenoxy) is 2. The van der Waals surface area contributed by atoms with Crippen molar-refractivity contribution in [3.8, 4) is 11.5 Å². The van der Waals surface area contributed by atoms with Gasteiger partial charge >= 0.3 is 5.97 Å². The van der Waals surface area contributed by atoms with Crippen molar-refractivity contribution in [1.29, 1.82) is 0 Å². The lowest BCUT2D eigenvalue weighted by molar-refractivity contribution is -0.137. The fourth-order valence-corrected chi connectivity index (χ4v) is 1.81. The first-order valence-corrected chi connectivity index (χ1v) is 5.95. The van der Waals surface area contributed by atoms with Crippen LogP contribution in [0.3, 0.4) is 0 Å². The van der Waals surface area contributed by atoms with Crippen molar-refractivity contribution < 1.29 is 24.2 Å².